The Labute approximate surface area is 166 Å². The van der Waals surface area contributed by atoms with Crippen molar-refractivity contribution in [1.29, 1.82) is 0 Å². The molecule has 4 rings (SSSR count). The number of carbonyl (C=O) groups is 1. The highest BCUT2D eigenvalue weighted by Crippen LogP contribution is 2.29. The third-order valence-electron chi connectivity index (χ3n) is 4.74. The molecule has 0 aliphatic heterocycles. The summed E-state index contributed by atoms with van der Waals surface area (Å²) in [4.78, 5) is 28.2. The van der Waals surface area contributed by atoms with Crippen LogP contribution in [0.5, 0.6) is 0 Å². The number of carboxylic acids is 1. The van der Waals surface area contributed by atoms with E-state index in [-0.39, 0.29) is 17.0 Å². The molecule has 0 radical (unpaired) electrons. The predicted octanol–water partition coefficient (Wildman–Crippen LogP) is 4.16. The molecule has 7 nitrogen and oxygen atoms in total. The number of benzene rings is 2. The minimum Gasteiger partial charge on any atom is -0.478 e. The van der Waals surface area contributed by atoms with Crippen molar-refractivity contribution in [3.63, 3.8) is 0 Å². The molecule has 0 saturated heterocycles. The topological polar surface area (TPSA) is 97.4 Å². The van der Waals surface area contributed by atoms with E-state index in [1.165, 1.54) is 6.07 Å². The van der Waals surface area contributed by atoms with Crippen LogP contribution in [0.25, 0.3) is 16.9 Å². The molecule has 0 aliphatic carbocycles. The molecule has 0 aliphatic rings. The van der Waals surface area contributed by atoms with Crippen LogP contribution >= 0.6 is 0 Å². The van der Waals surface area contributed by atoms with Gasteiger partial charge in [0.25, 0.3) is 0 Å². The molecule has 0 saturated carbocycles. The molecule has 0 bridgehead atoms. The number of anilines is 1. The molecule has 2 aromatic carbocycles. The van der Waals surface area contributed by atoms with Gasteiger partial charge in [-0.15, -0.1) is 0 Å². The summed E-state index contributed by atoms with van der Waals surface area (Å²) in [6.07, 6.45) is 4.86. The highest BCUT2D eigenvalue weighted by Gasteiger charge is 2.18. The molecule has 0 fully saturated rings. The number of aromatic carboxylic acids is 1. The summed E-state index contributed by atoms with van der Waals surface area (Å²) in [5.41, 5.74) is 2.65. The van der Waals surface area contributed by atoms with Gasteiger partial charge in [0, 0.05) is 29.7 Å². The van der Waals surface area contributed by atoms with Crippen LogP contribution in [0.15, 0.2) is 70.4 Å². The standard InChI is InChI=1S/C22H19N3O4/c1-13-9-16(14(2)24-18-6-4-3-5-15(18)22(27)28)21-17(10-13)19(26)11-20(29-21)25-8-7-23-12-25/h3-12,14,24H,1-2H3,(H,27,28). The first kappa shape index (κ1) is 18.5. The molecule has 0 amide bonds. The predicted molar refractivity (Wildman–Crippen MR) is 110 cm³/mol. The normalized spacial score (nSPS) is 12.1. The second-order valence-electron chi connectivity index (χ2n) is 6.87. The number of imidazole rings is 1. The van der Waals surface area contributed by atoms with Gasteiger partial charge in [-0.25, -0.2) is 9.78 Å². The molecule has 1 unspecified atom stereocenters. The van der Waals surface area contributed by atoms with Crippen molar-refractivity contribution in [1.82, 2.24) is 9.55 Å². The van der Waals surface area contributed by atoms with Crippen molar-refractivity contribution >= 4 is 22.6 Å². The maximum absolute atomic E-state index is 12.7. The van der Waals surface area contributed by atoms with Gasteiger partial charge in [0.2, 0.25) is 5.88 Å². The smallest absolute Gasteiger partial charge is 0.337 e. The van der Waals surface area contributed by atoms with E-state index >= 15 is 0 Å². The number of nitrogens with zero attached hydrogens (tertiary/aromatic N) is 2. The van der Waals surface area contributed by atoms with Gasteiger partial charge in [0.15, 0.2) is 5.43 Å². The first-order valence-electron chi connectivity index (χ1n) is 9.09. The maximum Gasteiger partial charge on any atom is 0.337 e. The summed E-state index contributed by atoms with van der Waals surface area (Å²) in [5, 5.41) is 13.2. The Hall–Kier alpha value is -3.87. The maximum atomic E-state index is 12.7. The molecule has 1 atom stereocenters. The number of aromatic nitrogens is 2. The second-order valence-corrected chi connectivity index (χ2v) is 6.87. The monoisotopic (exact) mass is 389 g/mol. The number of fused-ring (bicyclic) bond motifs is 1. The van der Waals surface area contributed by atoms with E-state index in [1.807, 2.05) is 19.9 Å². The van der Waals surface area contributed by atoms with Gasteiger partial charge in [0.05, 0.1) is 17.0 Å². The molecule has 4 aromatic rings. The third-order valence-corrected chi connectivity index (χ3v) is 4.74. The van der Waals surface area contributed by atoms with E-state index in [0.29, 0.717) is 22.5 Å². The zero-order valence-corrected chi connectivity index (χ0v) is 15.9. The number of nitrogens with one attached hydrogen (secondary N) is 1. The summed E-state index contributed by atoms with van der Waals surface area (Å²) in [6, 6.07) is 11.6. The summed E-state index contributed by atoms with van der Waals surface area (Å²) >= 11 is 0. The Morgan fingerprint density at radius 3 is 2.76 bits per heavy atom. The lowest BCUT2D eigenvalue weighted by molar-refractivity contribution is 0.0698. The summed E-state index contributed by atoms with van der Waals surface area (Å²) in [6.45, 7) is 3.81. The fourth-order valence-electron chi connectivity index (χ4n) is 3.37. The lowest BCUT2D eigenvalue weighted by Crippen LogP contribution is -2.13. The van der Waals surface area contributed by atoms with Crippen LogP contribution < -0.4 is 10.7 Å². The molecule has 2 N–H and O–H groups in total. The molecule has 0 spiro atoms. The van der Waals surface area contributed by atoms with Crippen molar-refractivity contribution in [3.05, 3.63) is 88.1 Å². The van der Waals surface area contributed by atoms with Crippen molar-refractivity contribution in [2.24, 2.45) is 0 Å². The Morgan fingerprint density at radius 1 is 1.24 bits per heavy atom. The molecule has 2 aromatic heterocycles. The lowest BCUT2D eigenvalue weighted by Gasteiger charge is -2.19. The second kappa shape index (κ2) is 7.27. The molecule has 29 heavy (non-hydrogen) atoms. The quantitative estimate of drug-likeness (QED) is 0.532. The number of hydrogen-bond acceptors (Lipinski definition) is 5. The summed E-state index contributed by atoms with van der Waals surface area (Å²) < 4.78 is 7.70. The van der Waals surface area contributed by atoms with Crippen molar-refractivity contribution in [3.8, 4) is 5.88 Å². The largest absolute Gasteiger partial charge is 0.478 e. The molecular weight excluding hydrogens is 370 g/mol. The fourth-order valence-corrected chi connectivity index (χ4v) is 3.37. The number of carboxylic acid groups (broad SMARTS) is 1. The Morgan fingerprint density at radius 2 is 2.03 bits per heavy atom. The molecule has 7 heteroatoms. The van der Waals surface area contributed by atoms with Gasteiger partial charge in [-0.3, -0.25) is 9.36 Å². The van der Waals surface area contributed by atoms with Gasteiger partial charge in [-0.05, 0) is 37.6 Å². The highest BCUT2D eigenvalue weighted by molar-refractivity contribution is 5.94. The fraction of sp³-hybridized carbons (Fsp3) is 0.136. The summed E-state index contributed by atoms with van der Waals surface area (Å²) in [5.74, 6) is -0.647. The van der Waals surface area contributed by atoms with Crippen LogP contribution in [0.3, 0.4) is 0 Å². The number of aryl methyl sites for hydroxylation is 1. The highest BCUT2D eigenvalue weighted by atomic mass is 16.4. The zero-order valence-electron chi connectivity index (χ0n) is 15.9. The van der Waals surface area contributed by atoms with E-state index in [0.717, 1.165) is 11.1 Å². The number of hydrogen-bond donors (Lipinski definition) is 2. The van der Waals surface area contributed by atoms with Crippen LogP contribution in [0.2, 0.25) is 0 Å². The van der Waals surface area contributed by atoms with Crippen LogP contribution in [0.1, 0.15) is 34.5 Å². The Kier molecular flexibility index (Phi) is 4.64. The number of para-hydroxylation sites is 1. The molecule has 2 heterocycles. The van der Waals surface area contributed by atoms with Gasteiger partial charge < -0.3 is 14.8 Å². The van der Waals surface area contributed by atoms with Crippen molar-refractivity contribution in [2.45, 2.75) is 19.9 Å². The van der Waals surface area contributed by atoms with Gasteiger partial charge in [-0.2, -0.15) is 0 Å². The first-order chi connectivity index (χ1) is 13.9. The molecular formula is C22H19N3O4. The van der Waals surface area contributed by atoms with Crippen LogP contribution in [0.4, 0.5) is 5.69 Å². The van der Waals surface area contributed by atoms with Crippen molar-refractivity contribution < 1.29 is 14.3 Å². The zero-order chi connectivity index (χ0) is 20.5. The van der Waals surface area contributed by atoms with E-state index in [1.54, 1.807) is 53.6 Å². The SMILES string of the molecule is Cc1cc(C(C)Nc2ccccc2C(=O)O)c2oc(-n3ccnc3)cc(=O)c2c1. The Bertz CT molecular complexity index is 1260. The van der Waals surface area contributed by atoms with E-state index in [4.69, 9.17) is 4.42 Å². The minimum absolute atomic E-state index is 0.155. The van der Waals surface area contributed by atoms with Crippen LogP contribution in [-0.4, -0.2) is 20.6 Å². The van der Waals surface area contributed by atoms with Crippen molar-refractivity contribution in [2.75, 3.05) is 5.32 Å². The van der Waals surface area contributed by atoms with Gasteiger partial charge in [0.1, 0.15) is 11.9 Å². The minimum atomic E-state index is -1.01. The molecule has 146 valence electrons. The summed E-state index contributed by atoms with van der Waals surface area (Å²) in [7, 11) is 0. The first-order valence-corrected chi connectivity index (χ1v) is 9.09. The van der Waals surface area contributed by atoms with Gasteiger partial charge >= 0.3 is 5.97 Å². The van der Waals surface area contributed by atoms with E-state index < -0.39 is 5.97 Å². The third kappa shape index (κ3) is 3.50. The van der Waals surface area contributed by atoms with E-state index in [9.17, 15) is 14.7 Å². The van der Waals surface area contributed by atoms with Crippen LogP contribution in [0, 0.1) is 6.92 Å². The number of rotatable bonds is 5. The van der Waals surface area contributed by atoms with E-state index in [2.05, 4.69) is 10.3 Å². The lowest BCUT2D eigenvalue weighted by atomic mass is 10.0. The van der Waals surface area contributed by atoms with Gasteiger partial charge in [-0.1, -0.05) is 18.2 Å². The van der Waals surface area contributed by atoms with Crippen LogP contribution in [-0.2, 0) is 0 Å². The average molecular weight is 389 g/mol. The average Bonchev–Trinajstić information content (AvgIpc) is 3.23. The Balaban J connectivity index is 1.84.